The van der Waals surface area contributed by atoms with E-state index in [2.05, 4.69) is 13.0 Å². The Morgan fingerprint density at radius 2 is 2.00 bits per heavy atom. The number of nitriles is 2. The van der Waals surface area contributed by atoms with Gasteiger partial charge in [-0.25, -0.2) is 0 Å². The molecule has 0 rings (SSSR count). The summed E-state index contributed by atoms with van der Waals surface area (Å²) in [4.78, 5) is 0. The third-order valence-electron chi connectivity index (χ3n) is 1.68. The van der Waals surface area contributed by atoms with Gasteiger partial charge in [-0.3, -0.25) is 0 Å². The number of hydrogen-bond acceptors (Lipinski definition) is 2. The smallest absolute Gasteiger partial charge is 0.0666 e. The minimum absolute atomic E-state index is 0.0356. The Morgan fingerprint density at radius 1 is 1.27 bits per heavy atom. The fourth-order valence-corrected chi connectivity index (χ4v) is 0.963. The van der Waals surface area contributed by atoms with E-state index < -0.39 is 0 Å². The maximum Gasteiger partial charge on any atom is 0.0666 e. The molecular formula is C9H14N2. The lowest BCUT2D eigenvalue weighted by Gasteiger charge is -2.01. The molecule has 0 aliphatic rings. The molecule has 0 amide bonds. The highest BCUT2D eigenvalue weighted by Crippen LogP contribution is 2.11. The molecule has 1 unspecified atom stereocenters. The van der Waals surface area contributed by atoms with Crippen LogP contribution in [-0.4, -0.2) is 0 Å². The summed E-state index contributed by atoms with van der Waals surface area (Å²) in [5, 5.41) is 16.9. The molecule has 0 bridgehead atoms. The average molecular weight is 150 g/mol. The van der Waals surface area contributed by atoms with Gasteiger partial charge in [0.2, 0.25) is 0 Å². The Labute approximate surface area is 68.4 Å². The molecule has 2 nitrogen and oxygen atoms in total. The van der Waals surface area contributed by atoms with Gasteiger partial charge in [-0.1, -0.05) is 26.2 Å². The predicted molar refractivity (Wildman–Crippen MR) is 43.5 cm³/mol. The van der Waals surface area contributed by atoms with Crippen molar-refractivity contribution in [3.05, 3.63) is 0 Å². The van der Waals surface area contributed by atoms with Crippen molar-refractivity contribution in [1.82, 2.24) is 0 Å². The second-order valence-corrected chi connectivity index (χ2v) is 2.68. The second-order valence-electron chi connectivity index (χ2n) is 2.68. The lowest BCUT2D eigenvalue weighted by molar-refractivity contribution is 0.557. The van der Waals surface area contributed by atoms with Gasteiger partial charge in [0.1, 0.15) is 0 Å². The van der Waals surface area contributed by atoms with E-state index in [1.807, 2.05) is 6.07 Å². The molecule has 11 heavy (non-hydrogen) atoms. The van der Waals surface area contributed by atoms with Gasteiger partial charge in [0.25, 0.3) is 0 Å². The summed E-state index contributed by atoms with van der Waals surface area (Å²) >= 11 is 0. The third kappa shape index (κ3) is 5.43. The second kappa shape index (κ2) is 7.09. The fourth-order valence-electron chi connectivity index (χ4n) is 0.963. The summed E-state index contributed by atoms with van der Waals surface area (Å²) in [5.41, 5.74) is 0. The first kappa shape index (κ1) is 9.98. The molecular weight excluding hydrogens is 136 g/mol. The zero-order valence-corrected chi connectivity index (χ0v) is 7.01. The first-order chi connectivity index (χ1) is 5.35. The van der Waals surface area contributed by atoms with Crippen LogP contribution in [-0.2, 0) is 0 Å². The van der Waals surface area contributed by atoms with E-state index in [0.29, 0.717) is 6.42 Å². The highest BCUT2D eigenvalue weighted by Gasteiger charge is 2.04. The zero-order valence-electron chi connectivity index (χ0n) is 7.01. The third-order valence-corrected chi connectivity index (χ3v) is 1.68. The Kier molecular flexibility index (Phi) is 6.43. The molecule has 0 saturated heterocycles. The summed E-state index contributed by atoms with van der Waals surface area (Å²) in [6, 6.07) is 4.16. The topological polar surface area (TPSA) is 47.6 Å². The van der Waals surface area contributed by atoms with Crippen LogP contribution >= 0.6 is 0 Å². The molecule has 2 heteroatoms. The molecule has 0 aromatic heterocycles. The minimum atomic E-state index is -0.0356. The van der Waals surface area contributed by atoms with Crippen molar-refractivity contribution < 1.29 is 0 Å². The predicted octanol–water partition coefficient (Wildman–Crippen LogP) is 2.62. The van der Waals surface area contributed by atoms with Gasteiger partial charge in [0.05, 0.1) is 24.5 Å². The summed E-state index contributed by atoms with van der Waals surface area (Å²) in [6.45, 7) is 2.13. The molecule has 60 valence electrons. The molecule has 1 atom stereocenters. The lowest BCUT2D eigenvalue weighted by atomic mass is 10.0. The lowest BCUT2D eigenvalue weighted by Crippen LogP contribution is -1.94. The van der Waals surface area contributed by atoms with Crippen LogP contribution in [0.3, 0.4) is 0 Å². The first-order valence-electron chi connectivity index (χ1n) is 4.11. The van der Waals surface area contributed by atoms with Crippen molar-refractivity contribution in [2.45, 2.75) is 39.0 Å². The molecule has 0 heterocycles. The van der Waals surface area contributed by atoms with Crippen molar-refractivity contribution in [1.29, 1.82) is 10.5 Å². The van der Waals surface area contributed by atoms with E-state index in [0.717, 1.165) is 12.8 Å². The molecule has 0 aliphatic heterocycles. The number of unbranched alkanes of at least 4 members (excludes halogenated alkanes) is 2. The van der Waals surface area contributed by atoms with Crippen LogP contribution in [0, 0.1) is 28.6 Å². The Morgan fingerprint density at radius 3 is 2.45 bits per heavy atom. The molecule has 0 fully saturated rings. The van der Waals surface area contributed by atoms with Crippen LogP contribution in [0.25, 0.3) is 0 Å². The minimum Gasteiger partial charge on any atom is -0.198 e. The van der Waals surface area contributed by atoms with Crippen molar-refractivity contribution in [3.8, 4) is 12.1 Å². The number of hydrogen-bond donors (Lipinski definition) is 0. The van der Waals surface area contributed by atoms with E-state index in [4.69, 9.17) is 10.5 Å². The van der Waals surface area contributed by atoms with Crippen molar-refractivity contribution in [3.63, 3.8) is 0 Å². The van der Waals surface area contributed by atoms with Gasteiger partial charge >= 0.3 is 0 Å². The van der Waals surface area contributed by atoms with E-state index in [-0.39, 0.29) is 5.92 Å². The van der Waals surface area contributed by atoms with Gasteiger partial charge in [-0.15, -0.1) is 0 Å². The highest BCUT2D eigenvalue weighted by atomic mass is 14.3. The molecule has 0 aromatic carbocycles. The van der Waals surface area contributed by atoms with Gasteiger partial charge in [0, 0.05) is 0 Å². The van der Waals surface area contributed by atoms with Gasteiger partial charge in [-0.05, 0) is 6.42 Å². The van der Waals surface area contributed by atoms with Crippen LogP contribution < -0.4 is 0 Å². The van der Waals surface area contributed by atoms with Gasteiger partial charge in [-0.2, -0.15) is 10.5 Å². The average Bonchev–Trinajstić information content (AvgIpc) is 2.03. The first-order valence-corrected chi connectivity index (χ1v) is 4.11. The quantitative estimate of drug-likeness (QED) is 0.565. The van der Waals surface area contributed by atoms with Crippen molar-refractivity contribution in [2.24, 2.45) is 5.92 Å². The van der Waals surface area contributed by atoms with Crippen molar-refractivity contribution >= 4 is 0 Å². The van der Waals surface area contributed by atoms with Gasteiger partial charge in [0.15, 0.2) is 0 Å². The Balaban J connectivity index is 3.40. The van der Waals surface area contributed by atoms with E-state index in [9.17, 15) is 0 Å². The fraction of sp³-hybridized carbons (Fsp3) is 0.778. The SMILES string of the molecule is CCCCCC(C#N)CC#N. The van der Waals surface area contributed by atoms with Crippen LogP contribution in [0.1, 0.15) is 39.0 Å². The molecule has 0 spiro atoms. The van der Waals surface area contributed by atoms with Crippen LogP contribution in [0.5, 0.6) is 0 Å². The van der Waals surface area contributed by atoms with Crippen molar-refractivity contribution in [2.75, 3.05) is 0 Å². The van der Waals surface area contributed by atoms with Crippen LogP contribution in [0.15, 0.2) is 0 Å². The van der Waals surface area contributed by atoms with E-state index in [1.165, 1.54) is 12.8 Å². The molecule has 0 N–H and O–H groups in total. The van der Waals surface area contributed by atoms with Gasteiger partial charge < -0.3 is 0 Å². The largest absolute Gasteiger partial charge is 0.198 e. The molecule has 0 saturated carbocycles. The van der Waals surface area contributed by atoms with E-state index in [1.54, 1.807) is 0 Å². The summed E-state index contributed by atoms with van der Waals surface area (Å²) in [6.07, 6.45) is 4.70. The number of nitrogens with zero attached hydrogens (tertiary/aromatic N) is 2. The molecule has 0 radical (unpaired) electrons. The Hall–Kier alpha value is -1.02. The summed E-state index contributed by atoms with van der Waals surface area (Å²) in [5.74, 6) is -0.0356. The van der Waals surface area contributed by atoms with Crippen LogP contribution in [0.2, 0.25) is 0 Å². The maximum absolute atomic E-state index is 8.56. The normalized spacial score (nSPS) is 11.5. The molecule has 0 aromatic rings. The van der Waals surface area contributed by atoms with Crippen LogP contribution in [0.4, 0.5) is 0 Å². The summed E-state index contributed by atoms with van der Waals surface area (Å²) < 4.78 is 0. The summed E-state index contributed by atoms with van der Waals surface area (Å²) in [7, 11) is 0. The number of rotatable bonds is 5. The molecule has 0 aliphatic carbocycles. The highest BCUT2D eigenvalue weighted by molar-refractivity contribution is 4.89. The van der Waals surface area contributed by atoms with E-state index >= 15 is 0 Å². The monoisotopic (exact) mass is 150 g/mol. The zero-order chi connectivity index (χ0) is 8.53. The Bertz CT molecular complexity index is 161. The standard InChI is InChI=1S/C9H14N2/c1-2-3-4-5-9(8-11)6-7-10/h9H,2-6H2,1H3. The maximum atomic E-state index is 8.56.